The van der Waals surface area contributed by atoms with Gasteiger partial charge in [0.25, 0.3) is 0 Å². The van der Waals surface area contributed by atoms with Crippen LogP contribution in [0.3, 0.4) is 0 Å². The van der Waals surface area contributed by atoms with Gasteiger partial charge < -0.3 is 10.6 Å². The second-order valence-electron chi connectivity index (χ2n) is 4.05. The van der Waals surface area contributed by atoms with Crippen molar-refractivity contribution in [3.05, 3.63) is 40.4 Å². The molecule has 2 rings (SSSR count). The summed E-state index contributed by atoms with van der Waals surface area (Å²) < 4.78 is 0. The Labute approximate surface area is 115 Å². The number of aryl methyl sites for hydroxylation is 1. The van der Waals surface area contributed by atoms with Gasteiger partial charge in [0.05, 0.1) is 24.5 Å². The minimum absolute atomic E-state index is 0.111. The average Bonchev–Trinajstić information content (AvgIpc) is 2.84. The van der Waals surface area contributed by atoms with Gasteiger partial charge in [0, 0.05) is 23.5 Å². The Morgan fingerprint density at radius 1 is 1.37 bits per heavy atom. The number of carbonyl (C=O) groups excluding carboxylic acids is 1. The van der Waals surface area contributed by atoms with E-state index in [1.807, 2.05) is 13.8 Å². The number of hydrogen-bond donors (Lipinski definition) is 2. The van der Waals surface area contributed by atoms with Crippen LogP contribution >= 0.6 is 11.3 Å². The van der Waals surface area contributed by atoms with Gasteiger partial charge in [0.1, 0.15) is 5.01 Å². The minimum Gasteiger partial charge on any atom is -0.332 e. The lowest BCUT2D eigenvalue weighted by Crippen LogP contribution is -2.36. The van der Waals surface area contributed by atoms with Crippen LogP contribution in [-0.2, 0) is 6.54 Å². The number of nitrogens with one attached hydrogen (secondary N) is 2. The van der Waals surface area contributed by atoms with E-state index in [0.29, 0.717) is 6.54 Å². The number of thiazole rings is 1. The van der Waals surface area contributed by atoms with Crippen molar-refractivity contribution in [2.75, 3.05) is 0 Å². The normalized spacial score (nSPS) is 11.9. The van der Waals surface area contributed by atoms with Gasteiger partial charge in [-0.15, -0.1) is 11.3 Å². The molecule has 0 aliphatic heterocycles. The highest BCUT2D eigenvalue weighted by atomic mass is 32.1. The predicted molar refractivity (Wildman–Crippen MR) is 72.7 cm³/mol. The summed E-state index contributed by atoms with van der Waals surface area (Å²) in [5.41, 5.74) is 0.718. The molecule has 100 valence electrons. The fraction of sp³-hybridized carbons (Fsp3) is 0.333. The highest BCUT2D eigenvalue weighted by molar-refractivity contribution is 7.11. The molecule has 1 atom stereocenters. The van der Waals surface area contributed by atoms with Crippen molar-refractivity contribution in [2.24, 2.45) is 0 Å². The van der Waals surface area contributed by atoms with E-state index in [2.05, 4.69) is 25.6 Å². The second kappa shape index (κ2) is 6.24. The Hall–Kier alpha value is -2.02. The zero-order valence-corrected chi connectivity index (χ0v) is 11.6. The van der Waals surface area contributed by atoms with Gasteiger partial charge in [-0.1, -0.05) is 0 Å². The molecule has 0 bridgehead atoms. The maximum atomic E-state index is 11.7. The van der Waals surface area contributed by atoms with Crippen LogP contribution in [-0.4, -0.2) is 21.0 Å². The van der Waals surface area contributed by atoms with Gasteiger partial charge in [0.15, 0.2) is 0 Å². The van der Waals surface area contributed by atoms with Crippen LogP contribution in [0.2, 0.25) is 0 Å². The SMILES string of the molecule is Cc1cnc(C(C)NC(=O)NCc2cnccn2)s1. The average molecular weight is 277 g/mol. The Morgan fingerprint density at radius 3 is 2.84 bits per heavy atom. The molecule has 2 aromatic rings. The van der Waals surface area contributed by atoms with Crippen molar-refractivity contribution >= 4 is 17.4 Å². The van der Waals surface area contributed by atoms with E-state index in [-0.39, 0.29) is 12.1 Å². The van der Waals surface area contributed by atoms with Crippen LogP contribution in [0, 0.1) is 6.92 Å². The molecule has 0 radical (unpaired) electrons. The van der Waals surface area contributed by atoms with Crippen LogP contribution in [0.5, 0.6) is 0 Å². The summed E-state index contributed by atoms with van der Waals surface area (Å²) in [7, 11) is 0. The lowest BCUT2D eigenvalue weighted by atomic mass is 10.3. The second-order valence-corrected chi connectivity index (χ2v) is 5.32. The minimum atomic E-state index is -0.244. The number of amides is 2. The first-order chi connectivity index (χ1) is 9.15. The molecule has 0 aliphatic carbocycles. The van der Waals surface area contributed by atoms with Gasteiger partial charge in [-0.05, 0) is 13.8 Å². The van der Waals surface area contributed by atoms with Gasteiger partial charge in [-0.25, -0.2) is 9.78 Å². The summed E-state index contributed by atoms with van der Waals surface area (Å²) in [5, 5.41) is 6.46. The summed E-state index contributed by atoms with van der Waals surface area (Å²) in [4.78, 5) is 25.1. The Kier molecular flexibility index (Phi) is 4.40. The molecule has 0 aromatic carbocycles. The topological polar surface area (TPSA) is 79.8 Å². The van der Waals surface area contributed by atoms with Crippen LogP contribution in [0.4, 0.5) is 4.79 Å². The number of aromatic nitrogens is 3. The summed E-state index contributed by atoms with van der Waals surface area (Å²) in [6.07, 6.45) is 6.61. The molecule has 1 unspecified atom stereocenters. The molecule has 2 N–H and O–H groups in total. The van der Waals surface area contributed by atoms with Crippen molar-refractivity contribution in [3.63, 3.8) is 0 Å². The highest BCUT2D eigenvalue weighted by Crippen LogP contribution is 2.18. The zero-order chi connectivity index (χ0) is 13.7. The van der Waals surface area contributed by atoms with Crippen LogP contribution in [0.15, 0.2) is 24.8 Å². The van der Waals surface area contributed by atoms with Crippen molar-refractivity contribution in [3.8, 4) is 0 Å². The molecule has 19 heavy (non-hydrogen) atoms. The quantitative estimate of drug-likeness (QED) is 0.893. The van der Waals surface area contributed by atoms with E-state index in [1.54, 1.807) is 36.1 Å². The Morgan fingerprint density at radius 2 is 2.21 bits per heavy atom. The lowest BCUT2D eigenvalue weighted by Gasteiger charge is -2.12. The molecule has 2 aromatic heterocycles. The third-order valence-electron chi connectivity index (χ3n) is 2.40. The first-order valence-corrected chi connectivity index (χ1v) is 6.68. The molecular formula is C12H15N5OS. The molecular weight excluding hydrogens is 262 g/mol. The largest absolute Gasteiger partial charge is 0.332 e. The number of nitrogens with zero attached hydrogens (tertiary/aromatic N) is 3. The molecule has 0 aliphatic rings. The van der Waals surface area contributed by atoms with E-state index in [1.165, 1.54) is 0 Å². The van der Waals surface area contributed by atoms with E-state index >= 15 is 0 Å². The van der Waals surface area contributed by atoms with Crippen molar-refractivity contribution in [1.29, 1.82) is 0 Å². The molecule has 0 saturated heterocycles. The van der Waals surface area contributed by atoms with Crippen LogP contribution in [0.1, 0.15) is 28.5 Å². The maximum Gasteiger partial charge on any atom is 0.315 e. The zero-order valence-electron chi connectivity index (χ0n) is 10.8. The Balaban J connectivity index is 1.81. The number of urea groups is 1. The monoisotopic (exact) mass is 277 g/mol. The number of hydrogen-bond acceptors (Lipinski definition) is 5. The molecule has 0 fully saturated rings. The van der Waals surface area contributed by atoms with Gasteiger partial charge in [-0.2, -0.15) is 0 Å². The van der Waals surface area contributed by atoms with Gasteiger partial charge in [-0.3, -0.25) is 9.97 Å². The molecule has 6 nitrogen and oxygen atoms in total. The molecule has 2 heterocycles. The smallest absolute Gasteiger partial charge is 0.315 e. The van der Waals surface area contributed by atoms with E-state index in [0.717, 1.165) is 15.6 Å². The van der Waals surface area contributed by atoms with Crippen molar-refractivity contribution < 1.29 is 4.79 Å². The van der Waals surface area contributed by atoms with E-state index < -0.39 is 0 Å². The third-order valence-corrected chi connectivity index (χ3v) is 3.50. The molecule has 2 amide bonds. The van der Waals surface area contributed by atoms with Gasteiger partial charge >= 0.3 is 6.03 Å². The number of rotatable bonds is 4. The van der Waals surface area contributed by atoms with Crippen LogP contribution < -0.4 is 10.6 Å². The third kappa shape index (κ3) is 3.99. The fourth-order valence-electron chi connectivity index (χ4n) is 1.47. The summed E-state index contributed by atoms with van der Waals surface area (Å²) in [5.74, 6) is 0. The fourth-order valence-corrected chi connectivity index (χ4v) is 2.25. The molecule has 7 heteroatoms. The molecule has 0 spiro atoms. The van der Waals surface area contributed by atoms with Gasteiger partial charge in [0.2, 0.25) is 0 Å². The van der Waals surface area contributed by atoms with E-state index in [9.17, 15) is 4.79 Å². The first-order valence-electron chi connectivity index (χ1n) is 5.86. The Bertz CT molecular complexity index is 542. The maximum absolute atomic E-state index is 11.7. The summed E-state index contributed by atoms with van der Waals surface area (Å²) >= 11 is 1.58. The summed E-state index contributed by atoms with van der Waals surface area (Å²) in [6.45, 7) is 4.24. The van der Waals surface area contributed by atoms with Crippen molar-refractivity contribution in [1.82, 2.24) is 25.6 Å². The number of carbonyl (C=O) groups is 1. The van der Waals surface area contributed by atoms with E-state index in [4.69, 9.17) is 0 Å². The summed E-state index contributed by atoms with van der Waals surface area (Å²) in [6, 6.07) is -0.355. The predicted octanol–water partition coefficient (Wildman–Crippen LogP) is 1.80. The molecule has 0 saturated carbocycles. The first kappa shape index (κ1) is 13.4. The van der Waals surface area contributed by atoms with Crippen molar-refractivity contribution in [2.45, 2.75) is 26.4 Å². The van der Waals surface area contributed by atoms with Crippen LogP contribution in [0.25, 0.3) is 0 Å². The highest BCUT2D eigenvalue weighted by Gasteiger charge is 2.12. The standard InChI is InChI=1S/C12H15N5OS/c1-8-5-15-11(19-8)9(2)17-12(18)16-7-10-6-13-3-4-14-10/h3-6,9H,7H2,1-2H3,(H2,16,17,18). The lowest BCUT2D eigenvalue weighted by molar-refractivity contribution is 0.237.